The summed E-state index contributed by atoms with van der Waals surface area (Å²) in [5, 5.41) is 0.825. The second kappa shape index (κ2) is 7.12. The van der Waals surface area contributed by atoms with E-state index >= 15 is 0 Å². The van der Waals surface area contributed by atoms with Gasteiger partial charge in [0.05, 0.1) is 24.3 Å². The zero-order chi connectivity index (χ0) is 21.7. The Bertz CT molecular complexity index is 1300. The topological polar surface area (TPSA) is 94.6 Å². The fourth-order valence-corrected chi connectivity index (χ4v) is 3.70. The van der Waals surface area contributed by atoms with Crippen LogP contribution in [0, 0.1) is 20.8 Å². The van der Waals surface area contributed by atoms with Gasteiger partial charge in [0.1, 0.15) is 17.2 Å². The smallest absolute Gasteiger partial charge is 0.339 e. The van der Waals surface area contributed by atoms with Crippen molar-refractivity contribution in [1.29, 1.82) is 0 Å². The maximum Gasteiger partial charge on any atom is 0.339 e. The van der Waals surface area contributed by atoms with Crippen LogP contribution in [0.1, 0.15) is 35.1 Å². The van der Waals surface area contributed by atoms with E-state index in [0.717, 1.165) is 10.9 Å². The van der Waals surface area contributed by atoms with Gasteiger partial charge in [-0.2, -0.15) is 0 Å². The summed E-state index contributed by atoms with van der Waals surface area (Å²) in [7, 11) is 1.67. The van der Waals surface area contributed by atoms with Crippen LogP contribution in [0.5, 0.6) is 5.75 Å². The lowest BCUT2D eigenvalue weighted by atomic mass is 10.1. The van der Waals surface area contributed by atoms with Crippen LogP contribution in [0.3, 0.4) is 0 Å². The van der Waals surface area contributed by atoms with Crippen LogP contribution in [-0.2, 0) is 24.9 Å². The lowest BCUT2D eigenvalue weighted by Crippen LogP contribution is -2.37. The van der Waals surface area contributed by atoms with Crippen molar-refractivity contribution in [1.82, 2.24) is 14.5 Å². The van der Waals surface area contributed by atoms with Crippen LogP contribution >= 0.6 is 0 Å². The highest BCUT2D eigenvalue weighted by molar-refractivity contribution is 5.83. The lowest BCUT2D eigenvalue weighted by Gasteiger charge is -2.21. The summed E-state index contributed by atoms with van der Waals surface area (Å²) in [6, 6.07) is 5.18. The van der Waals surface area contributed by atoms with E-state index < -0.39 is 6.10 Å². The fourth-order valence-electron chi connectivity index (χ4n) is 3.70. The summed E-state index contributed by atoms with van der Waals surface area (Å²) in [4.78, 5) is 43.3. The highest BCUT2D eigenvalue weighted by atomic mass is 16.5. The minimum Gasteiger partial charge on any atom is -0.481 e. The molecule has 0 saturated heterocycles. The van der Waals surface area contributed by atoms with Crippen molar-refractivity contribution in [2.24, 2.45) is 7.05 Å². The van der Waals surface area contributed by atoms with Gasteiger partial charge in [-0.25, -0.2) is 9.78 Å². The Labute approximate surface area is 172 Å². The Balaban J connectivity index is 1.54. The maximum atomic E-state index is 12.9. The molecule has 0 spiro atoms. The summed E-state index contributed by atoms with van der Waals surface area (Å²) in [5.74, 6) is 0.797. The SMILES string of the molecule is Cc1c(C)c2ccc(OC(C)C(=O)N3Cc4nc(C)n(C)c(=O)c4C3)cc2oc1=O. The van der Waals surface area contributed by atoms with Gasteiger partial charge in [0.15, 0.2) is 6.10 Å². The van der Waals surface area contributed by atoms with Gasteiger partial charge in [0.25, 0.3) is 11.5 Å². The molecule has 3 aromatic rings. The molecule has 2 aromatic heterocycles. The number of carbonyl (C=O) groups is 1. The van der Waals surface area contributed by atoms with Gasteiger partial charge in [0.2, 0.25) is 0 Å². The molecule has 1 amide bonds. The van der Waals surface area contributed by atoms with Crippen molar-refractivity contribution in [2.45, 2.75) is 46.9 Å². The molecule has 30 heavy (non-hydrogen) atoms. The second-order valence-corrected chi connectivity index (χ2v) is 7.70. The third-order valence-electron chi connectivity index (χ3n) is 5.78. The molecule has 4 rings (SSSR count). The molecule has 0 saturated carbocycles. The molecule has 0 fully saturated rings. The number of hydrogen-bond donors (Lipinski definition) is 0. The third kappa shape index (κ3) is 3.18. The van der Waals surface area contributed by atoms with Crippen LogP contribution in [-0.4, -0.2) is 26.5 Å². The standard InChI is InChI=1S/C22H23N3O5/c1-11-12(2)22(28)30-19-8-15(6-7-16(11)19)29-13(3)20(26)25-9-17-18(10-25)23-14(4)24(5)21(17)27/h6-8,13H,9-10H2,1-5H3. The predicted molar refractivity (Wildman–Crippen MR) is 111 cm³/mol. The average molecular weight is 409 g/mol. The predicted octanol–water partition coefficient (Wildman–Crippen LogP) is 2.12. The van der Waals surface area contributed by atoms with Gasteiger partial charge in [-0.3, -0.25) is 14.2 Å². The molecule has 0 bridgehead atoms. The third-order valence-corrected chi connectivity index (χ3v) is 5.78. The Hall–Kier alpha value is -3.42. The molecular formula is C22H23N3O5. The zero-order valence-electron chi connectivity index (χ0n) is 17.6. The molecule has 1 aliphatic heterocycles. The van der Waals surface area contributed by atoms with Gasteiger partial charge in [-0.15, -0.1) is 0 Å². The Morgan fingerprint density at radius 1 is 1.17 bits per heavy atom. The largest absolute Gasteiger partial charge is 0.481 e. The van der Waals surface area contributed by atoms with E-state index in [4.69, 9.17) is 9.15 Å². The summed E-state index contributed by atoms with van der Waals surface area (Å²) >= 11 is 0. The summed E-state index contributed by atoms with van der Waals surface area (Å²) < 4.78 is 12.7. The number of ether oxygens (including phenoxy) is 1. The van der Waals surface area contributed by atoms with E-state index in [1.54, 1.807) is 44.9 Å². The first-order valence-corrected chi connectivity index (χ1v) is 9.72. The molecular weight excluding hydrogens is 386 g/mol. The monoisotopic (exact) mass is 409 g/mol. The minimum atomic E-state index is -0.778. The zero-order valence-corrected chi connectivity index (χ0v) is 17.6. The van der Waals surface area contributed by atoms with Crippen LogP contribution in [0.2, 0.25) is 0 Å². The number of amides is 1. The summed E-state index contributed by atoms with van der Waals surface area (Å²) in [6.07, 6.45) is -0.778. The molecule has 1 atom stereocenters. The number of carbonyl (C=O) groups excluding carboxylic acids is 1. The quantitative estimate of drug-likeness (QED) is 0.615. The van der Waals surface area contributed by atoms with Gasteiger partial charge >= 0.3 is 5.63 Å². The molecule has 1 aliphatic rings. The summed E-state index contributed by atoms with van der Waals surface area (Å²) in [5.41, 5.74) is 2.50. The molecule has 3 heterocycles. The Morgan fingerprint density at radius 2 is 1.90 bits per heavy atom. The highest BCUT2D eigenvalue weighted by Gasteiger charge is 2.31. The molecule has 0 aliphatic carbocycles. The number of aryl methyl sites for hydroxylation is 2. The first-order chi connectivity index (χ1) is 14.2. The van der Waals surface area contributed by atoms with Crippen LogP contribution < -0.4 is 15.9 Å². The van der Waals surface area contributed by atoms with Crippen molar-refractivity contribution < 1.29 is 13.9 Å². The first kappa shape index (κ1) is 19.9. The normalized spacial score (nSPS) is 14.1. The number of aromatic nitrogens is 2. The van der Waals surface area contributed by atoms with E-state index in [1.807, 2.05) is 13.0 Å². The van der Waals surface area contributed by atoms with E-state index in [0.29, 0.717) is 34.0 Å². The van der Waals surface area contributed by atoms with Gasteiger partial charge in [-0.1, -0.05) is 0 Å². The first-order valence-electron chi connectivity index (χ1n) is 9.72. The number of nitrogens with zero attached hydrogens (tertiary/aromatic N) is 3. The van der Waals surface area contributed by atoms with Gasteiger partial charge < -0.3 is 14.1 Å². The highest BCUT2D eigenvalue weighted by Crippen LogP contribution is 2.25. The minimum absolute atomic E-state index is 0.128. The summed E-state index contributed by atoms with van der Waals surface area (Å²) in [6.45, 7) is 7.51. The van der Waals surface area contributed by atoms with Crippen molar-refractivity contribution in [3.63, 3.8) is 0 Å². The van der Waals surface area contributed by atoms with Crippen molar-refractivity contribution >= 4 is 16.9 Å². The molecule has 156 valence electrons. The van der Waals surface area contributed by atoms with Crippen molar-refractivity contribution in [2.75, 3.05) is 0 Å². The van der Waals surface area contributed by atoms with Crippen LogP contribution in [0.25, 0.3) is 11.0 Å². The molecule has 0 N–H and O–H groups in total. The van der Waals surface area contributed by atoms with E-state index in [-0.39, 0.29) is 30.2 Å². The number of benzene rings is 1. The fraction of sp³-hybridized carbons (Fsp3) is 0.364. The van der Waals surface area contributed by atoms with Gasteiger partial charge in [-0.05, 0) is 45.4 Å². The Kier molecular flexibility index (Phi) is 4.72. The number of fused-ring (bicyclic) bond motifs is 2. The molecule has 0 radical (unpaired) electrons. The maximum absolute atomic E-state index is 12.9. The lowest BCUT2D eigenvalue weighted by molar-refractivity contribution is -0.138. The van der Waals surface area contributed by atoms with Crippen molar-refractivity contribution in [3.8, 4) is 5.75 Å². The van der Waals surface area contributed by atoms with E-state index in [1.165, 1.54) is 4.57 Å². The molecule has 8 heteroatoms. The van der Waals surface area contributed by atoms with Crippen LogP contribution in [0.4, 0.5) is 0 Å². The van der Waals surface area contributed by atoms with Gasteiger partial charge in [0, 0.05) is 24.1 Å². The molecule has 1 aromatic carbocycles. The Morgan fingerprint density at radius 3 is 2.63 bits per heavy atom. The number of hydrogen-bond acceptors (Lipinski definition) is 6. The van der Waals surface area contributed by atoms with E-state index in [9.17, 15) is 14.4 Å². The van der Waals surface area contributed by atoms with E-state index in [2.05, 4.69) is 4.98 Å². The molecule has 8 nitrogen and oxygen atoms in total. The average Bonchev–Trinajstić information content (AvgIpc) is 3.13. The van der Waals surface area contributed by atoms with Crippen LogP contribution in [0.15, 0.2) is 32.2 Å². The second-order valence-electron chi connectivity index (χ2n) is 7.70. The molecule has 1 unspecified atom stereocenters. The number of rotatable bonds is 3. The van der Waals surface area contributed by atoms with Crippen molar-refractivity contribution in [3.05, 3.63) is 67.2 Å².